The average Bonchev–Trinajstić information content (AvgIpc) is 2.35. The lowest BCUT2D eigenvalue weighted by molar-refractivity contribution is 0.736. The number of hydrogen-bond acceptors (Lipinski definition) is 4. The Balaban J connectivity index is 2.94. The van der Waals surface area contributed by atoms with Crippen LogP contribution < -0.4 is 5.73 Å². The molecule has 2 N–H and O–H groups in total. The summed E-state index contributed by atoms with van der Waals surface area (Å²) in [5.41, 5.74) is 7.11. The van der Waals surface area contributed by atoms with Gasteiger partial charge in [0.1, 0.15) is 0 Å². The Morgan fingerprint density at radius 1 is 1.55 bits per heavy atom. The highest BCUT2D eigenvalue weighted by Crippen LogP contribution is 2.12. The lowest BCUT2D eigenvalue weighted by Gasteiger charge is -1.91. The number of hydrogen-bond donors (Lipinski definition) is 1. The highest BCUT2D eigenvalue weighted by atomic mass is 15.4. The molecule has 0 saturated heterocycles. The first-order valence-electron chi connectivity index (χ1n) is 3.19. The van der Waals surface area contributed by atoms with Crippen molar-refractivity contribution in [1.29, 1.82) is 0 Å². The van der Waals surface area contributed by atoms with Gasteiger partial charge < -0.3 is 5.73 Å². The van der Waals surface area contributed by atoms with Gasteiger partial charge in [-0.25, -0.2) is 9.67 Å². The maximum atomic E-state index is 5.54. The van der Waals surface area contributed by atoms with Crippen molar-refractivity contribution in [3.8, 4) is 0 Å². The minimum absolute atomic E-state index is 0.426. The second-order valence-corrected chi connectivity index (χ2v) is 2.28. The van der Waals surface area contributed by atoms with E-state index in [4.69, 9.17) is 5.73 Å². The Morgan fingerprint density at radius 3 is 3.09 bits per heavy atom. The van der Waals surface area contributed by atoms with Gasteiger partial charge in [-0.15, -0.1) is 5.10 Å². The van der Waals surface area contributed by atoms with Crippen LogP contribution in [0.2, 0.25) is 0 Å². The number of pyridine rings is 1. The van der Waals surface area contributed by atoms with Crippen molar-refractivity contribution in [1.82, 2.24) is 20.0 Å². The molecule has 0 unspecified atom stereocenters. The highest BCUT2D eigenvalue weighted by Gasteiger charge is 2.03. The Morgan fingerprint density at radius 2 is 2.36 bits per heavy atom. The Bertz CT molecular complexity index is 391. The molecule has 0 spiro atoms. The number of nitrogen functional groups attached to an aromatic ring is 1. The van der Waals surface area contributed by atoms with Crippen LogP contribution in [0.3, 0.4) is 0 Å². The zero-order chi connectivity index (χ0) is 7.84. The smallest absolute Gasteiger partial charge is 0.155 e. The molecule has 5 nitrogen and oxygen atoms in total. The fourth-order valence-electron chi connectivity index (χ4n) is 0.983. The minimum Gasteiger partial charge on any atom is -0.382 e. The zero-order valence-corrected chi connectivity index (χ0v) is 6.02. The van der Waals surface area contributed by atoms with Gasteiger partial charge in [0.15, 0.2) is 11.3 Å². The maximum absolute atomic E-state index is 5.54. The lowest BCUT2D eigenvalue weighted by Crippen LogP contribution is -1.91. The van der Waals surface area contributed by atoms with Gasteiger partial charge >= 0.3 is 0 Å². The molecule has 2 aromatic heterocycles. The third-order valence-electron chi connectivity index (χ3n) is 1.56. The minimum atomic E-state index is 0.426. The molecule has 0 aliphatic heterocycles. The number of aryl methyl sites for hydroxylation is 1. The van der Waals surface area contributed by atoms with Crippen molar-refractivity contribution in [2.45, 2.75) is 0 Å². The molecule has 0 saturated carbocycles. The number of nitrogens with two attached hydrogens (primary N) is 1. The van der Waals surface area contributed by atoms with E-state index in [1.807, 2.05) is 13.1 Å². The number of fused-ring (bicyclic) bond motifs is 1. The molecule has 0 aromatic carbocycles. The molecule has 11 heavy (non-hydrogen) atoms. The van der Waals surface area contributed by atoms with Gasteiger partial charge in [0.2, 0.25) is 0 Å². The van der Waals surface area contributed by atoms with E-state index in [1.54, 1.807) is 10.9 Å². The summed E-state index contributed by atoms with van der Waals surface area (Å²) in [5, 5.41) is 7.65. The van der Waals surface area contributed by atoms with E-state index in [0.29, 0.717) is 11.3 Å². The van der Waals surface area contributed by atoms with Crippen molar-refractivity contribution in [3.05, 3.63) is 12.3 Å². The second kappa shape index (κ2) is 1.91. The molecular formula is C6H7N5. The molecule has 0 radical (unpaired) electrons. The number of aromatic nitrogens is 4. The van der Waals surface area contributed by atoms with Gasteiger partial charge in [0.25, 0.3) is 0 Å². The summed E-state index contributed by atoms with van der Waals surface area (Å²) in [6.07, 6.45) is 1.64. The van der Waals surface area contributed by atoms with Crippen LogP contribution in [0, 0.1) is 0 Å². The van der Waals surface area contributed by atoms with Crippen molar-refractivity contribution in [3.63, 3.8) is 0 Å². The standard InChI is InChI=1S/C6H7N5/c1-11-4-2-3-8-6(7)5(4)9-10-11/h2-3H,1H3,(H2,7,8). The number of nitrogens with zero attached hydrogens (tertiary/aromatic N) is 4. The highest BCUT2D eigenvalue weighted by molar-refractivity contribution is 5.83. The summed E-state index contributed by atoms with van der Waals surface area (Å²) in [6, 6.07) is 1.83. The van der Waals surface area contributed by atoms with Crippen LogP contribution in [-0.4, -0.2) is 20.0 Å². The molecule has 0 atom stereocenters. The van der Waals surface area contributed by atoms with Crippen LogP contribution in [0.5, 0.6) is 0 Å². The molecule has 0 fully saturated rings. The van der Waals surface area contributed by atoms with Crippen molar-refractivity contribution in [2.75, 3.05) is 5.73 Å². The fraction of sp³-hybridized carbons (Fsp3) is 0.167. The Hall–Kier alpha value is -1.65. The van der Waals surface area contributed by atoms with Crippen molar-refractivity contribution in [2.24, 2.45) is 7.05 Å². The molecule has 5 heteroatoms. The number of anilines is 1. The quantitative estimate of drug-likeness (QED) is 0.570. The summed E-state index contributed by atoms with van der Waals surface area (Å²) in [7, 11) is 1.81. The third kappa shape index (κ3) is 0.739. The second-order valence-electron chi connectivity index (χ2n) is 2.28. The van der Waals surface area contributed by atoms with E-state index in [9.17, 15) is 0 Å². The molecule has 56 valence electrons. The number of rotatable bonds is 0. The molecule has 2 aromatic rings. The lowest BCUT2D eigenvalue weighted by atomic mass is 10.4. The van der Waals surface area contributed by atoms with Gasteiger partial charge in [-0.05, 0) is 6.07 Å². The van der Waals surface area contributed by atoms with Crippen LogP contribution in [0.25, 0.3) is 11.0 Å². The molecule has 0 amide bonds. The first kappa shape index (κ1) is 6.09. The molecule has 0 bridgehead atoms. The summed E-state index contributed by atoms with van der Waals surface area (Å²) >= 11 is 0. The zero-order valence-electron chi connectivity index (χ0n) is 6.02. The van der Waals surface area contributed by atoms with E-state index >= 15 is 0 Å². The van der Waals surface area contributed by atoms with Gasteiger partial charge in [-0.3, -0.25) is 0 Å². The first-order chi connectivity index (χ1) is 5.29. The predicted molar refractivity (Wildman–Crippen MR) is 40.7 cm³/mol. The maximum Gasteiger partial charge on any atom is 0.155 e. The fourth-order valence-corrected chi connectivity index (χ4v) is 0.983. The Labute approximate surface area is 62.8 Å². The third-order valence-corrected chi connectivity index (χ3v) is 1.56. The van der Waals surface area contributed by atoms with Crippen molar-refractivity contribution < 1.29 is 0 Å². The molecule has 2 rings (SSSR count). The van der Waals surface area contributed by atoms with Crippen LogP contribution in [0.15, 0.2) is 12.3 Å². The predicted octanol–water partition coefficient (Wildman–Crippen LogP) is -0.0545. The molecular weight excluding hydrogens is 142 g/mol. The van der Waals surface area contributed by atoms with Crippen LogP contribution in [-0.2, 0) is 7.05 Å². The van der Waals surface area contributed by atoms with E-state index in [1.165, 1.54) is 0 Å². The van der Waals surface area contributed by atoms with E-state index < -0.39 is 0 Å². The topological polar surface area (TPSA) is 69.6 Å². The SMILES string of the molecule is Cn1nnc2c(N)nccc21. The molecule has 2 heterocycles. The van der Waals surface area contributed by atoms with Gasteiger partial charge in [0.05, 0.1) is 5.52 Å². The molecule has 0 aliphatic carbocycles. The van der Waals surface area contributed by atoms with Gasteiger partial charge in [-0.2, -0.15) is 0 Å². The summed E-state index contributed by atoms with van der Waals surface area (Å²) in [6.45, 7) is 0. The molecule has 0 aliphatic rings. The average molecular weight is 149 g/mol. The largest absolute Gasteiger partial charge is 0.382 e. The summed E-state index contributed by atoms with van der Waals surface area (Å²) < 4.78 is 1.66. The summed E-state index contributed by atoms with van der Waals surface area (Å²) in [4.78, 5) is 3.88. The van der Waals surface area contributed by atoms with Gasteiger partial charge in [-0.1, -0.05) is 5.21 Å². The van der Waals surface area contributed by atoms with E-state index in [-0.39, 0.29) is 0 Å². The van der Waals surface area contributed by atoms with Crippen LogP contribution >= 0.6 is 0 Å². The van der Waals surface area contributed by atoms with Crippen LogP contribution in [0.4, 0.5) is 5.82 Å². The Kier molecular flexibility index (Phi) is 1.06. The monoisotopic (exact) mass is 149 g/mol. The first-order valence-corrected chi connectivity index (χ1v) is 3.19. The summed E-state index contributed by atoms with van der Waals surface area (Å²) in [5.74, 6) is 0.426. The van der Waals surface area contributed by atoms with E-state index in [2.05, 4.69) is 15.3 Å². The van der Waals surface area contributed by atoms with Gasteiger partial charge in [0, 0.05) is 13.2 Å². The van der Waals surface area contributed by atoms with E-state index in [0.717, 1.165) is 5.52 Å². The van der Waals surface area contributed by atoms with Crippen LogP contribution in [0.1, 0.15) is 0 Å². The normalized spacial score (nSPS) is 10.6. The van der Waals surface area contributed by atoms with Crippen molar-refractivity contribution >= 4 is 16.9 Å².